The van der Waals surface area contributed by atoms with Crippen molar-refractivity contribution in [1.29, 1.82) is 0 Å². The maximum atomic E-state index is 12.2. The number of carbonyl (C=O) groups excluding carboxylic acids is 1. The Morgan fingerprint density at radius 3 is 2.95 bits per heavy atom. The van der Waals surface area contributed by atoms with E-state index in [4.69, 9.17) is 6.57 Å². The molecule has 1 saturated carbocycles. The van der Waals surface area contributed by atoms with Crippen LogP contribution < -0.4 is 0 Å². The van der Waals surface area contributed by atoms with E-state index in [0.717, 1.165) is 36.8 Å². The smallest absolute Gasteiger partial charge is 0.381 e. The average Bonchev–Trinajstić information content (AvgIpc) is 2.83. The third-order valence-corrected chi connectivity index (χ3v) is 4.61. The van der Waals surface area contributed by atoms with Gasteiger partial charge < -0.3 is 5.11 Å². The molecule has 0 radical (unpaired) electrons. The molecule has 19 heavy (non-hydrogen) atoms. The lowest BCUT2D eigenvalue weighted by atomic mass is 9.67. The molecule has 0 bridgehead atoms. The van der Waals surface area contributed by atoms with E-state index in [2.05, 4.69) is 11.8 Å². The van der Waals surface area contributed by atoms with Crippen LogP contribution in [0.5, 0.6) is 5.75 Å². The number of phenolic OH excluding ortho intramolecular Hbond substituents is 1. The van der Waals surface area contributed by atoms with Crippen LogP contribution in [0, 0.1) is 6.57 Å². The van der Waals surface area contributed by atoms with Gasteiger partial charge in [-0.3, -0.25) is 4.79 Å². The molecule has 0 aromatic heterocycles. The molecule has 0 heterocycles. The Balaban J connectivity index is 2.37. The molecule has 1 aromatic rings. The molecule has 96 valence electrons. The van der Waals surface area contributed by atoms with E-state index in [1.54, 1.807) is 18.2 Å². The van der Waals surface area contributed by atoms with Gasteiger partial charge in [-0.05, 0) is 42.7 Å². The molecule has 1 atom stereocenters. The second-order valence-corrected chi connectivity index (χ2v) is 5.31. The molecular weight excluding hydrogens is 238 g/mol. The van der Waals surface area contributed by atoms with Gasteiger partial charge in [0.25, 0.3) is 6.57 Å². The summed E-state index contributed by atoms with van der Waals surface area (Å²) in [5.41, 5.74) is 2.64. The molecule has 1 unspecified atom stereocenters. The summed E-state index contributed by atoms with van der Waals surface area (Å²) < 4.78 is 0. The standard InChI is InChI=1S/C16H15NO2/c1-3-16-8-4-5-10(16)9-13(18)11-6-7-12(17-2)15(19)14(11)16/h2,6-7,9H,3-5,8H2,1H3/p+1. The van der Waals surface area contributed by atoms with Crippen molar-refractivity contribution in [1.82, 2.24) is 0 Å². The van der Waals surface area contributed by atoms with E-state index in [1.807, 2.05) is 0 Å². The van der Waals surface area contributed by atoms with Crippen LogP contribution in [0.2, 0.25) is 0 Å². The number of hydrogen-bond acceptors (Lipinski definition) is 2. The van der Waals surface area contributed by atoms with Gasteiger partial charge in [-0.15, -0.1) is 0 Å². The van der Waals surface area contributed by atoms with Crippen molar-refractivity contribution in [3.05, 3.63) is 39.8 Å². The minimum atomic E-state index is -0.200. The maximum absolute atomic E-state index is 12.2. The fraction of sp³-hybridized carbons (Fsp3) is 0.375. The lowest BCUT2D eigenvalue weighted by molar-refractivity contribution is 0.103. The van der Waals surface area contributed by atoms with Gasteiger partial charge in [0, 0.05) is 22.6 Å². The number of phenols is 1. The Kier molecular flexibility index (Phi) is 2.50. The van der Waals surface area contributed by atoms with E-state index in [9.17, 15) is 9.90 Å². The highest BCUT2D eigenvalue weighted by Crippen LogP contribution is 2.55. The molecule has 1 aromatic carbocycles. The first-order chi connectivity index (χ1) is 9.14. The highest BCUT2D eigenvalue weighted by molar-refractivity contribution is 6.09. The average molecular weight is 254 g/mol. The minimum absolute atomic E-state index is 0.0187. The first-order valence-electron chi connectivity index (χ1n) is 6.67. The highest BCUT2D eigenvalue weighted by atomic mass is 16.3. The van der Waals surface area contributed by atoms with E-state index in [-0.39, 0.29) is 16.9 Å². The second kappa shape index (κ2) is 3.96. The molecule has 1 fully saturated rings. The van der Waals surface area contributed by atoms with Gasteiger partial charge in [0.1, 0.15) is 0 Å². The number of carbonyl (C=O) groups is 1. The number of nitrogens with zero attached hydrogens (tertiary/aromatic N) is 1. The first-order valence-corrected chi connectivity index (χ1v) is 6.67. The number of rotatable bonds is 1. The van der Waals surface area contributed by atoms with Crippen molar-refractivity contribution in [2.45, 2.75) is 38.0 Å². The van der Waals surface area contributed by atoms with Crippen LogP contribution in [0.1, 0.15) is 48.5 Å². The fourth-order valence-electron chi connectivity index (χ4n) is 3.67. The summed E-state index contributed by atoms with van der Waals surface area (Å²) in [7, 11) is 0. The predicted molar refractivity (Wildman–Crippen MR) is 74.3 cm³/mol. The van der Waals surface area contributed by atoms with Gasteiger partial charge in [-0.25, -0.2) is 0 Å². The summed E-state index contributed by atoms with van der Waals surface area (Å²) in [5.74, 6) is 0.0533. The van der Waals surface area contributed by atoms with Crippen molar-refractivity contribution in [3.8, 4) is 12.3 Å². The summed E-state index contributed by atoms with van der Waals surface area (Å²) in [4.78, 5) is 15.8. The van der Waals surface area contributed by atoms with Gasteiger partial charge in [0.05, 0.1) is 0 Å². The Hall–Kier alpha value is -2.08. The summed E-state index contributed by atoms with van der Waals surface area (Å²) in [6, 6.07) is 3.33. The monoisotopic (exact) mass is 254 g/mol. The Morgan fingerprint density at radius 2 is 2.26 bits per heavy atom. The Labute approximate surface area is 112 Å². The van der Waals surface area contributed by atoms with Crippen molar-refractivity contribution >= 4 is 11.5 Å². The molecule has 3 rings (SSSR count). The predicted octanol–water partition coefficient (Wildman–Crippen LogP) is 3.94. The van der Waals surface area contributed by atoms with E-state index in [0.29, 0.717) is 11.3 Å². The third kappa shape index (κ3) is 1.40. The molecule has 2 aliphatic carbocycles. The fourth-order valence-corrected chi connectivity index (χ4v) is 3.67. The van der Waals surface area contributed by atoms with Gasteiger partial charge in [-0.2, -0.15) is 0 Å². The number of benzene rings is 1. The molecule has 0 spiro atoms. The molecule has 1 N–H and O–H groups in total. The molecule has 3 nitrogen and oxygen atoms in total. The van der Waals surface area contributed by atoms with E-state index >= 15 is 0 Å². The molecule has 0 saturated heterocycles. The zero-order chi connectivity index (χ0) is 13.6. The van der Waals surface area contributed by atoms with Gasteiger partial charge in [0.2, 0.25) is 5.75 Å². The van der Waals surface area contributed by atoms with Crippen LogP contribution in [-0.2, 0) is 5.41 Å². The van der Waals surface area contributed by atoms with Crippen molar-refractivity contribution in [3.63, 3.8) is 0 Å². The quantitative estimate of drug-likeness (QED) is 0.824. The van der Waals surface area contributed by atoms with Crippen LogP contribution in [0.3, 0.4) is 0 Å². The maximum Gasteiger partial charge on any atom is 0.381 e. The zero-order valence-electron chi connectivity index (χ0n) is 10.9. The van der Waals surface area contributed by atoms with Crippen LogP contribution in [0.15, 0.2) is 23.8 Å². The molecule has 3 heteroatoms. The van der Waals surface area contributed by atoms with Crippen molar-refractivity contribution in [2.24, 2.45) is 0 Å². The second-order valence-electron chi connectivity index (χ2n) is 5.31. The van der Waals surface area contributed by atoms with Crippen LogP contribution in [0.25, 0.3) is 4.85 Å². The third-order valence-electron chi connectivity index (χ3n) is 4.61. The molecular formula is C16H16NO2+. The number of aromatic hydroxyl groups is 1. The van der Waals surface area contributed by atoms with Crippen LogP contribution in [0.4, 0.5) is 5.69 Å². The summed E-state index contributed by atoms with van der Waals surface area (Å²) in [6.07, 6.45) is 5.59. The lowest BCUT2D eigenvalue weighted by Crippen LogP contribution is -2.30. The van der Waals surface area contributed by atoms with E-state index < -0.39 is 0 Å². The Bertz CT molecular complexity index is 651. The number of ketones is 1. The van der Waals surface area contributed by atoms with Crippen molar-refractivity contribution in [2.75, 3.05) is 0 Å². The lowest BCUT2D eigenvalue weighted by Gasteiger charge is -2.34. The Morgan fingerprint density at radius 1 is 1.47 bits per heavy atom. The van der Waals surface area contributed by atoms with Crippen LogP contribution >= 0.6 is 0 Å². The topological polar surface area (TPSA) is 41.7 Å². The van der Waals surface area contributed by atoms with E-state index in [1.165, 1.54) is 0 Å². The number of hydrogen-bond donors (Lipinski definition) is 1. The summed E-state index contributed by atoms with van der Waals surface area (Å²) >= 11 is 0. The molecule has 0 aliphatic heterocycles. The number of allylic oxidation sites excluding steroid dienone is 2. The highest BCUT2D eigenvalue weighted by Gasteiger charge is 2.46. The zero-order valence-corrected chi connectivity index (χ0v) is 10.9. The van der Waals surface area contributed by atoms with Crippen LogP contribution in [-0.4, -0.2) is 10.9 Å². The van der Waals surface area contributed by atoms with Crippen molar-refractivity contribution < 1.29 is 9.90 Å². The molecule has 0 amide bonds. The minimum Gasteiger partial charge on any atom is -0.501 e. The first kappa shape index (κ1) is 12.0. The van der Waals surface area contributed by atoms with Gasteiger partial charge in [-0.1, -0.05) is 12.5 Å². The molecule has 2 aliphatic rings. The largest absolute Gasteiger partial charge is 0.501 e. The number of fused-ring (bicyclic) bond motifs is 3. The summed E-state index contributed by atoms with van der Waals surface area (Å²) in [6.45, 7) is 7.41. The normalized spacial score (nSPS) is 24.4. The summed E-state index contributed by atoms with van der Waals surface area (Å²) in [5, 5.41) is 10.4. The van der Waals surface area contributed by atoms with Gasteiger partial charge >= 0.3 is 5.69 Å². The SMILES string of the molecule is C#[N+]c1ccc2c(c1O)C1(CC)CCCC1=CC2=O. The van der Waals surface area contributed by atoms with Gasteiger partial charge in [0.15, 0.2) is 5.78 Å².